The number of hydrogen-bond donors (Lipinski definition) is 3. The number of nitrogens with zero attached hydrogens (tertiary/aromatic N) is 3. The van der Waals surface area contributed by atoms with Crippen LogP contribution in [0, 0.1) is 13.8 Å². The summed E-state index contributed by atoms with van der Waals surface area (Å²) in [7, 11) is 1.31. The van der Waals surface area contributed by atoms with Gasteiger partial charge in [-0.05, 0) is 37.1 Å². The van der Waals surface area contributed by atoms with Gasteiger partial charge in [-0.1, -0.05) is 32.4 Å². The molecule has 0 atom stereocenters. The van der Waals surface area contributed by atoms with Gasteiger partial charge in [-0.15, -0.1) is 5.10 Å². The standard InChI is InChI=1S/C21H27ClN6O3/c1-11-9-13(24-20(30)23-8-7-14(29)31-6)10-12(2)15(11)18-25-19-16(22)17(21(3,4)5)26-28(19)27-18/h9-10,26H,7-8H2,1-6H3,(H2,23,24,30). The molecule has 10 heteroatoms. The molecule has 2 amide bonds. The van der Waals surface area contributed by atoms with Crippen LogP contribution in [0.5, 0.6) is 0 Å². The number of carbonyl (C=O) groups excluding carboxylic acids is 2. The van der Waals surface area contributed by atoms with Crippen LogP contribution in [0.1, 0.15) is 44.0 Å². The normalized spacial score (nSPS) is 11.6. The van der Waals surface area contributed by atoms with E-state index in [-0.39, 0.29) is 24.3 Å². The Morgan fingerprint density at radius 2 is 1.87 bits per heavy atom. The lowest BCUT2D eigenvalue weighted by atomic mass is 9.92. The number of aromatic nitrogens is 4. The lowest BCUT2D eigenvalue weighted by molar-refractivity contribution is -0.140. The topological polar surface area (TPSA) is 113 Å². The van der Waals surface area contributed by atoms with E-state index >= 15 is 0 Å². The number of rotatable bonds is 5. The molecule has 3 N–H and O–H groups in total. The second kappa shape index (κ2) is 8.58. The van der Waals surface area contributed by atoms with E-state index in [1.54, 1.807) is 4.63 Å². The summed E-state index contributed by atoms with van der Waals surface area (Å²) in [5.74, 6) is 0.174. The van der Waals surface area contributed by atoms with Crippen LogP contribution in [-0.2, 0) is 14.9 Å². The second-order valence-corrected chi connectivity index (χ2v) is 8.79. The molecule has 3 rings (SSSR count). The molecule has 3 aromatic rings. The van der Waals surface area contributed by atoms with Gasteiger partial charge in [0.25, 0.3) is 0 Å². The van der Waals surface area contributed by atoms with E-state index in [1.807, 2.05) is 26.0 Å². The first kappa shape index (κ1) is 22.6. The molecule has 0 radical (unpaired) electrons. The fraction of sp³-hybridized carbons (Fsp3) is 0.429. The number of carbonyl (C=O) groups is 2. The Morgan fingerprint density at radius 3 is 2.42 bits per heavy atom. The fourth-order valence-corrected chi connectivity index (χ4v) is 3.79. The summed E-state index contributed by atoms with van der Waals surface area (Å²) in [6, 6.07) is 3.30. The molecule has 0 aliphatic heterocycles. The first-order valence-electron chi connectivity index (χ1n) is 9.89. The van der Waals surface area contributed by atoms with Crippen molar-refractivity contribution in [3.63, 3.8) is 0 Å². The molecule has 0 saturated heterocycles. The highest BCUT2D eigenvalue weighted by Crippen LogP contribution is 2.33. The minimum Gasteiger partial charge on any atom is -0.469 e. The summed E-state index contributed by atoms with van der Waals surface area (Å²) in [6.45, 7) is 10.3. The average molecular weight is 447 g/mol. The van der Waals surface area contributed by atoms with Crippen molar-refractivity contribution in [2.24, 2.45) is 0 Å². The first-order valence-corrected chi connectivity index (χ1v) is 10.3. The number of urea groups is 1. The highest BCUT2D eigenvalue weighted by atomic mass is 35.5. The van der Waals surface area contributed by atoms with Gasteiger partial charge in [0.1, 0.15) is 5.02 Å². The van der Waals surface area contributed by atoms with Crippen LogP contribution in [0.25, 0.3) is 17.0 Å². The maximum absolute atomic E-state index is 12.1. The SMILES string of the molecule is COC(=O)CCNC(=O)Nc1cc(C)c(-c2nc3c(Cl)c(C(C)(C)C)[nH]n3n2)c(C)c1. The number of hydrogen-bond acceptors (Lipinski definition) is 5. The third-order valence-electron chi connectivity index (χ3n) is 4.85. The van der Waals surface area contributed by atoms with Gasteiger partial charge in [0, 0.05) is 23.2 Å². The van der Waals surface area contributed by atoms with E-state index in [2.05, 4.69) is 51.3 Å². The number of anilines is 1. The quantitative estimate of drug-likeness (QED) is 0.513. The van der Waals surface area contributed by atoms with Gasteiger partial charge in [-0.3, -0.25) is 9.89 Å². The van der Waals surface area contributed by atoms with Crippen LogP contribution in [0.15, 0.2) is 12.1 Å². The van der Waals surface area contributed by atoms with Crippen molar-refractivity contribution in [1.29, 1.82) is 0 Å². The molecule has 2 heterocycles. The van der Waals surface area contributed by atoms with Gasteiger partial charge < -0.3 is 15.4 Å². The molecule has 0 aliphatic carbocycles. The van der Waals surface area contributed by atoms with Crippen molar-refractivity contribution in [1.82, 2.24) is 25.1 Å². The van der Waals surface area contributed by atoms with Crippen LogP contribution in [-0.4, -0.2) is 45.5 Å². The first-order chi connectivity index (χ1) is 14.5. The minimum absolute atomic E-state index is 0.111. The largest absolute Gasteiger partial charge is 0.469 e. The zero-order chi connectivity index (χ0) is 22.9. The summed E-state index contributed by atoms with van der Waals surface area (Å²) >= 11 is 6.54. The van der Waals surface area contributed by atoms with E-state index in [0.29, 0.717) is 22.2 Å². The van der Waals surface area contributed by atoms with Crippen molar-refractivity contribution in [3.05, 3.63) is 34.0 Å². The number of benzene rings is 1. The van der Waals surface area contributed by atoms with Crippen molar-refractivity contribution < 1.29 is 14.3 Å². The number of halogens is 1. The summed E-state index contributed by atoms with van der Waals surface area (Å²) < 4.78 is 6.14. The predicted molar refractivity (Wildman–Crippen MR) is 120 cm³/mol. The number of fused-ring (bicyclic) bond motifs is 1. The number of ether oxygens (including phenoxy) is 1. The predicted octanol–water partition coefficient (Wildman–Crippen LogP) is 3.98. The van der Waals surface area contributed by atoms with Gasteiger partial charge in [0.2, 0.25) is 0 Å². The summed E-state index contributed by atoms with van der Waals surface area (Å²) in [5.41, 5.74) is 4.62. The number of H-pyrrole nitrogens is 1. The fourth-order valence-electron chi connectivity index (χ4n) is 3.35. The Hall–Kier alpha value is -3.07. The van der Waals surface area contributed by atoms with E-state index < -0.39 is 6.03 Å². The number of nitrogens with one attached hydrogen (secondary N) is 3. The molecule has 0 unspecified atom stereocenters. The van der Waals surface area contributed by atoms with Gasteiger partial charge in [0.05, 0.1) is 19.2 Å². The molecule has 166 valence electrons. The Balaban J connectivity index is 1.81. The molecule has 1 aromatic carbocycles. The summed E-state index contributed by atoms with van der Waals surface area (Å²) in [4.78, 5) is 27.8. The van der Waals surface area contributed by atoms with Gasteiger partial charge >= 0.3 is 12.0 Å². The van der Waals surface area contributed by atoms with E-state index in [1.165, 1.54) is 7.11 Å². The maximum atomic E-state index is 12.1. The third kappa shape index (κ3) is 4.82. The highest BCUT2D eigenvalue weighted by molar-refractivity contribution is 6.34. The molecule has 0 fully saturated rings. The monoisotopic (exact) mass is 446 g/mol. The molecular formula is C21H27ClN6O3. The lowest BCUT2D eigenvalue weighted by Gasteiger charge is -2.16. The van der Waals surface area contributed by atoms with Crippen LogP contribution >= 0.6 is 11.6 Å². The Bertz CT molecular complexity index is 1120. The summed E-state index contributed by atoms with van der Waals surface area (Å²) in [6.07, 6.45) is 0.111. The van der Waals surface area contributed by atoms with Crippen LogP contribution in [0.3, 0.4) is 0 Å². The smallest absolute Gasteiger partial charge is 0.319 e. The average Bonchev–Trinajstić information content (AvgIpc) is 3.20. The molecule has 0 saturated carbocycles. The van der Waals surface area contributed by atoms with Crippen molar-refractivity contribution in [2.75, 3.05) is 19.0 Å². The number of esters is 1. The van der Waals surface area contributed by atoms with Gasteiger partial charge in [-0.25, -0.2) is 9.78 Å². The summed E-state index contributed by atoms with van der Waals surface area (Å²) in [5, 5.41) is 13.7. The molecule has 31 heavy (non-hydrogen) atoms. The Kier molecular flexibility index (Phi) is 6.26. The van der Waals surface area contributed by atoms with Crippen LogP contribution in [0.2, 0.25) is 5.02 Å². The zero-order valence-corrected chi connectivity index (χ0v) is 19.3. The molecular weight excluding hydrogens is 420 g/mol. The molecule has 9 nitrogen and oxygen atoms in total. The Morgan fingerprint density at radius 1 is 1.23 bits per heavy atom. The minimum atomic E-state index is -0.398. The van der Waals surface area contributed by atoms with E-state index in [9.17, 15) is 9.59 Å². The van der Waals surface area contributed by atoms with Crippen molar-refractivity contribution in [3.8, 4) is 11.4 Å². The van der Waals surface area contributed by atoms with E-state index in [4.69, 9.17) is 11.6 Å². The Labute approximate surface area is 185 Å². The van der Waals surface area contributed by atoms with Gasteiger partial charge in [-0.2, -0.15) is 4.63 Å². The third-order valence-corrected chi connectivity index (χ3v) is 5.21. The van der Waals surface area contributed by atoms with Crippen molar-refractivity contribution in [2.45, 2.75) is 46.5 Å². The maximum Gasteiger partial charge on any atom is 0.319 e. The van der Waals surface area contributed by atoms with E-state index in [0.717, 1.165) is 22.4 Å². The van der Waals surface area contributed by atoms with Crippen molar-refractivity contribution >= 4 is 34.9 Å². The van der Waals surface area contributed by atoms with Crippen LogP contribution < -0.4 is 10.6 Å². The molecule has 2 aromatic heterocycles. The number of methoxy groups -OCH3 is 1. The number of amides is 2. The lowest BCUT2D eigenvalue weighted by Crippen LogP contribution is -2.30. The second-order valence-electron chi connectivity index (χ2n) is 8.41. The highest BCUT2D eigenvalue weighted by Gasteiger charge is 2.25. The van der Waals surface area contributed by atoms with Crippen LogP contribution in [0.4, 0.5) is 10.5 Å². The van der Waals surface area contributed by atoms with Gasteiger partial charge in [0.15, 0.2) is 11.5 Å². The molecule has 0 bridgehead atoms. The molecule has 0 aliphatic rings. The zero-order valence-electron chi connectivity index (χ0n) is 18.5. The molecule has 0 spiro atoms. The number of aromatic amines is 1. The number of aryl methyl sites for hydroxylation is 2.